The molecule has 0 fully saturated rings. The van der Waals surface area contributed by atoms with E-state index < -0.39 is 23.1 Å². The molecule has 0 saturated heterocycles. The fourth-order valence-corrected chi connectivity index (χ4v) is 4.02. The smallest absolute Gasteiger partial charge is 0.332 e. The molecule has 2 heterocycles. The highest BCUT2D eigenvalue weighted by atomic mass is 32.2. The molecule has 0 aliphatic carbocycles. The quantitative estimate of drug-likeness (QED) is 0.216. The van der Waals surface area contributed by atoms with Crippen LogP contribution in [-0.2, 0) is 34.3 Å². The van der Waals surface area contributed by atoms with Crippen LogP contribution in [0.3, 0.4) is 0 Å². The van der Waals surface area contributed by atoms with Gasteiger partial charge in [0.25, 0.3) is 5.56 Å². The van der Waals surface area contributed by atoms with Crippen molar-refractivity contribution in [2.45, 2.75) is 63.9 Å². The van der Waals surface area contributed by atoms with Crippen LogP contribution in [0.5, 0.6) is 0 Å². The lowest BCUT2D eigenvalue weighted by molar-refractivity contribution is -0.140. The number of thioether (sulfide) groups is 1. The zero-order valence-corrected chi connectivity index (χ0v) is 19.9. The molecule has 0 saturated carbocycles. The maximum atomic E-state index is 12.9. The Balaban J connectivity index is 2.45. The second-order valence-corrected chi connectivity index (χ2v) is 8.36. The molecule has 176 valence electrons. The molecule has 0 atom stereocenters. The van der Waals surface area contributed by atoms with Crippen molar-refractivity contribution in [3.8, 4) is 0 Å². The van der Waals surface area contributed by atoms with Crippen molar-refractivity contribution in [1.29, 1.82) is 0 Å². The SMILES string of the molecule is CCCCCCc1nc(SCC(=O)NCC(=O)OC)c2c(=O)n(C)c(=O)n(CCC)c2n1. The molecule has 0 aliphatic rings. The fraction of sp³-hybridized carbons (Fsp3) is 0.619. The molecule has 1 amide bonds. The van der Waals surface area contributed by atoms with Crippen LogP contribution in [0.4, 0.5) is 0 Å². The third kappa shape index (κ3) is 6.41. The predicted octanol–water partition coefficient (Wildman–Crippen LogP) is 1.40. The van der Waals surface area contributed by atoms with Crippen LogP contribution in [0.25, 0.3) is 11.0 Å². The number of unbranched alkanes of at least 4 members (excludes halogenated alkanes) is 3. The number of nitrogens with zero attached hydrogens (tertiary/aromatic N) is 4. The van der Waals surface area contributed by atoms with Crippen molar-refractivity contribution < 1.29 is 14.3 Å². The van der Waals surface area contributed by atoms with E-state index in [-0.39, 0.29) is 17.7 Å². The van der Waals surface area contributed by atoms with E-state index in [0.29, 0.717) is 35.9 Å². The zero-order valence-electron chi connectivity index (χ0n) is 19.1. The molecule has 2 aromatic heterocycles. The first kappa shape index (κ1) is 25.6. The average Bonchev–Trinajstić information content (AvgIpc) is 2.79. The number of fused-ring (bicyclic) bond motifs is 1. The number of nitrogens with one attached hydrogen (secondary N) is 1. The second-order valence-electron chi connectivity index (χ2n) is 7.39. The molecule has 32 heavy (non-hydrogen) atoms. The number of hydrogen-bond donors (Lipinski definition) is 1. The lowest BCUT2D eigenvalue weighted by atomic mass is 10.1. The molecule has 1 N–H and O–H groups in total. The van der Waals surface area contributed by atoms with Gasteiger partial charge in [-0.3, -0.25) is 23.5 Å². The number of esters is 1. The topological polar surface area (TPSA) is 125 Å². The predicted molar refractivity (Wildman–Crippen MR) is 123 cm³/mol. The highest BCUT2D eigenvalue weighted by molar-refractivity contribution is 8.00. The molecule has 2 rings (SSSR count). The van der Waals surface area contributed by atoms with Crippen LogP contribution >= 0.6 is 11.8 Å². The molecule has 2 aromatic rings. The molecular weight excluding hydrogens is 434 g/mol. The van der Waals surface area contributed by atoms with Crippen molar-refractivity contribution in [2.75, 3.05) is 19.4 Å². The van der Waals surface area contributed by atoms with Crippen molar-refractivity contribution in [2.24, 2.45) is 7.05 Å². The average molecular weight is 466 g/mol. The maximum Gasteiger partial charge on any atom is 0.332 e. The summed E-state index contributed by atoms with van der Waals surface area (Å²) in [5.41, 5.74) is -0.614. The Kier molecular flexibility index (Phi) is 9.89. The Morgan fingerprint density at radius 2 is 1.84 bits per heavy atom. The van der Waals surface area contributed by atoms with E-state index in [0.717, 1.165) is 42.0 Å². The van der Waals surface area contributed by atoms with Crippen molar-refractivity contribution in [3.63, 3.8) is 0 Å². The molecule has 10 nitrogen and oxygen atoms in total. The first-order chi connectivity index (χ1) is 15.3. The summed E-state index contributed by atoms with van der Waals surface area (Å²) in [5, 5.41) is 3.05. The number of rotatable bonds is 12. The van der Waals surface area contributed by atoms with Gasteiger partial charge in [-0.1, -0.05) is 44.9 Å². The molecular formula is C21H31N5O5S. The Morgan fingerprint density at radius 1 is 1.09 bits per heavy atom. The monoisotopic (exact) mass is 465 g/mol. The van der Waals surface area contributed by atoms with Crippen LogP contribution in [0.15, 0.2) is 14.6 Å². The molecule has 0 spiro atoms. The van der Waals surface area contributed by atoms with Crippen LogP contribution in [0.1, 0.15) is 51.8 Å². The number of ether oxygens (including phenoxy) is 1. The summed E-state index contributed by atoms with van der Waals surface area (Å²) >= 11 is 1.09. The normalized spacial score (nSPS) is 11.0. The summed E-state index contributed by atoms with van der Waals surface area (Å²) in [5.74, 6) is -0.448. The van der Waals surface area contributed by atoms with Gasteiger partial charge in [0.05, 0.1) is 12.9 Å². The van der Waals surface area contributed by atoms with Crippen LogP contribution in [0, 0.1) is 0 Å². The standard InChI is InChI=1S/C21H31N5O5S/c1-5-7-8-9-10-14-23-18-17(20(29)25(3)21(30)26(18)11-6-2)19(24-14)32-13-15(27)22-12-16(28)31-4/h5-13H2,1-4H3,(H,22,27). The molecule has 0 radical (unpaired) electrons. The Labute approximate surface area is 190 Å². The van der Waals surface area contributed by atoms with Gasteiger partial charge in [0.15, 0.2) is 5.65 Å². The number of methoxy groups -OCH3 is 1. The van der Waals surface area contributed by atoms with Gasteiger partial charge in [-0.15, -0.1) is 0 Å². The molecule has 0 aliphatic heterocycles. The molecule has 0 unspecified atom stereocenters. The van der Waals surface area contributed by atoms with Crippen molar-refractivity contribution in [3.05, 3.63) is 26.7 Å². The summed E-state index contributed by atoms with van der Waals surface area (Å²) in [6.45, 7) is 4.25. The number of aryl methyl sites for hydroxylation is 2. The van der Waals surface area contributed by atoms with Crippen LogP contribution < -0.4 is 16.6 Å². The van der Waals surface area contributed by atoms with E-state index in [1.807, 2.05) is 6.92 Å². The second kappa shape index (κ2) is 12.4. The van der Waals surface area contributed by atoms with Gasteiger partial charge in [0.2, 0.25) is 5.91 Å². The van der Waals surface area contributed by atoms with E-state index in [4.69, 9.17) is 0 Å². The Bertz CT molecular complexity index is 1080. The number of carbonyl (C=O) groups excluding carboxylic acids is 2. The molecule has 0 aromatic carbocycles. The lowest BCUT2D eigenvalue weighted by Gasteiger charge is -2.14. The number of hydrogen-bond acceptors (Lipinski definition) is 8. The van der Waals surface area contributed by atoms with Crippen molar-refractivity contribution in [1.82, 2.24) is 24.4 Å². The van der Waals surface area contributed by atoms with Gasteiger partial charge < -0.3 is 10.1 Å². The van der Waals surface area contributed by atoms with Gasteiger partial charge >= 0.3 is 11.7 Å². The summed E-state index contributed by atoms with van der Waals surface area (Å²) in [7, 11) is 2.66. The minimum absolute atomic E-state index is 0.0472. The fourth-order valence-electron chi connectivity index (χ4n) is 3.16. The largest absolute Gasteiger partial charge is 0.468 e. The van der Waals surface area contributed by atoms with Gasteiger partial charge in [-0.05, 0) is 12.8 Å². The minimum atomic E-state index is -0.553. The maximum absolute atomic E-state index is 12.9. The minimum Gasteiger partial charge on any atom is -0.468 e. The Hall–Kier alpha value is -2.69. The van der Waals surface area contributed by atoms with E-state index in [2.05, 4.69) is 26.9 Å². The highest BCUT2D eigenvalue weighted by Crippen LogP contribution is 2.23. The van der Waals surface area contributed by atoms with E-state index in [1.165, 1.54) is 18.7 Å². The van der Waals surface area contributed by atoms with Crippen LogP contribution in [-0.4, -0.2) is 50.4 Å². The summed E-state index contributed by atoms with van der Waals surface area (Å²) in [6, 6.07) is 0. The number of carbonyl (C=O) groups is 2. The molecule has 0 bridgehead atoms. The van der Waals surface area contributed by atoms with E-state index in [1.54, 1.807) is 0 Å². The van der Waals surface area contributed by atoms with E-state index >= 15 is 0 Å². The van der Waals surface area contributed by atoms with Gasteiger partial charge in [0, 0.05) is 20.0 Å². The highest BCUT2D eigenvalue weighted by Gasteiger charge is 2.19. The lowest BCUT2D eigenvalue weighted by Crippen LogP contribution is -2.39. The third-order valence-corrected chi connectivity index (χ3v) is 5.87. The molecule has 11 heteroatoms. The summed E-state index contributed by atoms with van der Waals surface area (Å²) in [4.78, 5) is 58.2. The zero-order chi connectivity index (χ0) is 23.7. The van der Waals surface area contributed by atoms with Crippen LogP contribution in [0.2, 0.25) is 0 Å². The third-order valence-electron chi connectivity index (χ3n) is 4.89. The number of aromatic nitrogens is 4. The first-order valence-corrected chi connectivity index (χ1v) is 11.8. The first-order valence-electron chi connectivity index (χ1n) is 10.8. The van der Waals surface area contributed by atoms with Gasteiger partial charge in [-0.25, -0.2) is 14.8 Å². The van der Waals surface area contributed by atoms with Gasteiger partial charge in [-0.2, -0.15) is 0 Å². The summed E-state index contributed by atoms with van der Waals surface area (Å²) < 4.78 is 7.05. The van der Waals surface area contributed by atoms with E-state index in [9.17, 15) is 19.2 Å². The Morgan fingerprint density at radius 3 is 2.50 bits per heavy atom. The van der Waals surface area contributed by atoms with Gasteiger partial charge in [0.1, 0.15) is 22.8 Å². The number of amides is 1. The summed E-state index contributed by atoms with van der Waals surface area (Å²) in [6.07, 6.45) is 5.46. The van der Waals surface area contributed by atoms with Crippen molar-refractivity contribution >= 4 is 34.7 Å².